The van der Waals surface area contributed by atoms with Gasteiger partial charge in [0.1, 0.15) is 11.6 Å². The third-order valence-corrected chi connectivity index (χ3v) is 0.886. The lowest BCUT2D eigenvalue weighted by Crippen LogP contribution is -2.13. The Balaban J connectivity index is 4.39. The molecule has 0 rings (SSSR count). The van der Waals surface area contributed by atoms with Crippen LogP contribution in [0.3, 0.4) is 0 Å². The molecule has 1 amide bonds. The molecule has 2 N–H and O–H groups in total. The lowest BCUT2D eigenvalue weighted by molar-refractivity contribution is -0.114. The van der Waals surface area contributed by atoms with Gasteiger partial charge in [0.15, 0.2) is 0 Å². The maximum Gasteiger partial charge on any atom is 0.259 e. The highest BCUT2D eigenvalue weighted by molar-refractivity contribution is 5.95. The second kappa shape index (κ2) is 3.67. The van der Waals surface area contributed by atoms with E-state index in [4.69, 9.17) is 11.0 Å². The number of amides is 1. The zero-order valence-corrected chi connectivity index (χ0v) is 6.09. The van der Waals surface area contributed by atoms with Gasteiger partial charge in [-0.05, 0) is 5.92 Å². The molecule has 0 aromatic heterocycles. The molecule has 0 unspecified atom stereocenters. The maximum absolute atomic E-state index is 10.4. The number of allylic oxidation sites excluding steroid dienone is 1. The highest BCUT2D eigenvalue weighted by atomic mass is 16.1. The van der Waals surface area contributed by atoms with Crippen LogP contribution in [0.4, 0.5) is 0 Å². The first-order chi connectivity index (χ1) is 4.57. The fourth-order valence-corrected chi connectivity index (χ4v) is 0.508. The van der Waals surface area contributed by atoms with E-state index in [-0.39, 0.29) is 11.5 Å². The fraction of sp³-hybridized carbons (Fsp3) is 0.429. The van der Waals surface area contributed by atoms with Crippen molar-refractivity contribution in [2.45, 2.75) is 13.8 Å². The SMILES string of the molecule is CC(C)C=C(C#N)C(N)=O. The van der Waals surface area contributed by atoms with Crippen molar-refractivity contribution in [1.82, 2.24) is 0 Å². The molecule has 0 radical (unpaired) electrons. The van der Waals surface area contributed by atoms with Gasteiger partial charge in [-0.2, -0.15) is 5.26 Å². The number of primary amides is 1. The Labute approximate surface area is 60.1 Å². The van der Waals surface area contributed by atoms with Crippen LogP contribution in [0, 0.1) is 17.2 Å². The summed E-state index contributed by atoms with van der Waals surface area (Å²) in [5.41, 5.74) is 4.90. The van der Waals surface area contributed by atoms with Gasteiger partial charge in [-0.1, -0.05) is 19.9 Å². The molecule has 0 heterocycles. The summed E-state index contributed by atoms with van der Waals surface area (Å²) in [6.07, 6.45) is 1.54. The minimum Gasteiger partial charge on any atom is -0.365 e. The summed E-state index contributed by atoms with van der Waals surface area (Å²) < 4.78 is 0. The van der Waals surface area contributed by atoms with E-state index in [1.807, 2.05) is 13.8 Å². The molecule has 3 nitrogen and oxygen atoms in total. The summed E-state index contributed by atoms with van der Waals surface area (Å²) in [5.74, 6) is -0.474. The highest BCUT2D eigenvalue weighted by Crippen LogP contribution is 1.99. The van der Waals surface area contributed by atoms with E-state index in [9.17, 15) is 4.79 Å². The predicted molar refractivity (Wildman–Crippen MR) is 37.7 cm³/mol. The molecular formula is C7H10N2O. The van der Waals surface area contributed by atoms with Crippen LogP contribution < -0.4 is 5.73 Å². The molecule has 0 aromatic carbocycles. The smallest absolute Gasteiger partial charge is 0.259 e. The summed E-state index contributed by atoms with van der Waals surface area (Å²) in [6, 6.07) is 1.72. The summed E-state index contributed by atoms with van der Waals surface area (Å²) in [6.45, 7) is 3.75. The van der Waals surface area contributed by atoms with Gasteiger partial charge in [0.05, 0.1) is 0 Å². The first-order valence-corrected chi connectivity index (χ1v) is 2.99. The third-order valence-electron chi connectivity index (χ3n) is 0.886. The maximum atomic E-state index is 10.4. The first kappa shape index (κ1) is 8.70. The number of nitrogens with two attached hydrogens (primary N) is 1. The number of nitriles is 1. The Morgan fingerprint density at radius 1 is 1.70 bits per heavy atom. The molecule has 0 aliphatic rings. The van der Waals surface area contributed by atoms with E-state index >= 15 is 0 Å². The van der Waals surface area contributed by atoms with Gasteiger partial charge in [-0.25, -0.2) is 0 Å². The van der Waals surface area contributed by atoms with Crippen LogP contribution in [0.2, 0.25) is 0 Å². The molecule has 0 aliphatic heterocycles. The van der Waals surface area contributed by atoms with Gasteiger partial charge in [0.25, 0.3) is 5.91 Å². The summed E-state index contributed by atoms with van der Waals surface area (Å²) in [4.78, 5) is 10.4. The molecule has 10 heavy (non-hydrogen) atoms. The van der Waals surface area contributed by atoms with Crippen LogP contribution in [-0.4, -0.2) is 5.91 Å². The molecule has 0 fully saturated rings. The lowest BCUT2D eigenvalue weighted by atomic mass is 10.1. The third kappa shape index (κ3) is 2.88. The van der Waals surface area contributed by atoms with Crippen molar-refractivity contribution < 1.29 is 4.79 Å². The Morgan fingerprint density at radius 2 is 2.20 bits per heavy atom. The normalized spacial score (nSPS) is 11.2. The second-order valence-corrected chi connectivity index (χ2v) is 2.30. The molecule has 0 saturated carbocycles. The van der Waals surface area contributed by atoms with E-state index < -0.39 is 5.91 Å². The number of carbonyl (C=O) groups excluding carboxylic acids is 1. The Bertz CT molecular complexity index is 198. The molecule has 0 atom stereocenters. The van der Waals surface area contributed by atoms with E-state index in [0.29, 0.717) is 0 Å². The molecule has 0 bridgehead atoms. The molecular weight excluding hydrogens is 128 g/mol. The van der Waals surface area contributed by atoms with Gasteiger partial charge >= 0.3 is 0 Å². The van der Waals surface area contributed by atoms with E-state index in [1.54, 1.807) is 12.1 Å². The summed E-state index contributed by atoms with van der Waals surface area (Å²) in [7, 11) is 0. The van der Waals surface area contributed by atoms with Crippen molar-refractivity contribution >= 4 is 5.91 Å². The van der Waals surface area contributed by atoms with Crippen molar-refractivity contribution in [3.8, 4) is 6.07 Å². The van der Waals surface area contributed by atoms with Crippen LogP contribution in [0.25, 0.3) is 0 Å². The first-order valence-electron chi connectivity index (χ1n) is 2.99. The minimum absolute atomic E-state index is 0.0370. The van der Waals surface area contributed by atoms with Crippen LogP contribution in [0.5, 0.6) is 0 Å². The number of nitrogens with zero attached hydrogens (tertiary/aromatic N) is 1. The zero-order valence-electron chi connectivity index (χ0n) is 6.09. The summed E-state index contributed by atoms with van der Waals surface area (Å²) >= 11 is 0. The Kier molecular flexibility index (Phi) is 3.20. The number of rotatable bonds is 2. The van der Waals surface area contributed by atoms with Crippen molar-refractivity contribution in [3.05, 3.63) is 11.6 Å². The molecule has 3 heteroatoms. The Morgan fingerprint density at radius 3 is 2.30 bits per heavy atom. The van der Waals surface area contributed by atoms with Gasteiger partial charge in [0, 0.05) is 0 Å². The lowest BCUT2D eigenvalue weighted by Gasteiger charge is -1.94. The molecule has 0 spiro atoms. The topological polar surface area (TPSA) is 66.9 Å². The van der Waals surface area contributed by atoms with Crippen LogP contribution >= 0.6 is 0 Å². The van der Waals surface area contributed by atoms with Crippen LogP contribution in [0.1, 0.15) is 13.8 Å². The molecule has 0 aromatic rings. The van der Waals surface area contributed by atoms with Gasteiger partial charge in [0.2, 0.25) is 0 Å². The van der Waals surface area contributed by atoms with Gasteiger partial charge < -0.3 is 5.73 Å². The van der Waals surface area contributed by atoms with Crippen molar-refractivity contribution in [3.63, 3.8) is 0 Å². The predicted octanol–water partition coefficient (Wildman–Crippen LogP) is 0.578. The summed E-state index contributed by atoms with van der Waals surface area (Å²) in [5, 5.41) is 8.33. The van der Waals surface area contributed by atoms with Crippen molar-refractivity contribution in [2.75, 3.05) is 0 Å². The number of hydrogen-bond donors (Lipinski definition) is 1. The average molecular weight is 138 g/mol. The zero-order chi connectivity index (χ0) is 8.15. The molecule has 54 valence electrons. The van der Waals surface area contributed by atoms with Crippen molar-refractivity contribution in [1.29, 1.82) is 5.26 Å². The average Bonchev–Trinajstić information content (AvgIpc) is 1.81. The van der Waals surface area contributed by atoms with Crippen LogP contribution in [0.15, 0.2) is 11.6 Å². The van der Waals surface area contributed by atoms with Crippen LogP contribution in [-0.2, 0) is 4.79 Å². The minimum atomic E-state index is -0.656. The van der Waals surface area contributed by atoms with E-state index in [2.05, 4.69) is 0 Å². The Hall–Kier alpha value is -1.30. The highest BCUT2D eigenvalue weighted by Gasteiger charge is 2.02. The van der Waals surface area contributed by atoms with Gasteiger partial charge in [-0.3, -0.25) is 4.79 Å². The van der Waals surface area contributed by atoms with E-state index in [0.717, 1.165) is 0 Å². The van der Waals surface area contributed by atoms with Crippen molar-refractivity contribution in [2.24, 2.45) is 11.7 Å². The monoisotopic (exact) mass is 138 g/mol. The standard InChI is InChI=1S/C7H10N2O/c1-5(2)3-6(4-8)7(9)10/h3,5H,1-2H3,(H2,9,10). The van der Waals surface area contributed by atoms with E-state index in [1.165, 1.54) is 0 Å². The second-order valence-electron chi connectivity index (χ2n) is 2.30. The number of carbonyl (C=O) groups is 1. The number of hydrogen-bond acceptors (Lipinski definition) is 2. The molecule has 0 saturated heterocycles. The quantitative estimate of drug-likeness (QED) is 0.448. The van der Waals surface area contributed by atoms with Gasteiger partial charge in [-0.15, -0.1) is 0 Å². The fourth-order valence-electron chi connectivity index (χ4n) is 0.508. The largest absolute Gasteiger partial charge is 0.365 e. The molecule has 0 aliphatic carbocycles.